The van der Waals surface area contributed by atoms with Gasteiger partial charge in [-0.1, -0.05) is 12.1 Å². The quantitative estimate of drug-likeness (QED) is 0.843. The number of carboxylic acid groups (broad SMARTS) is 1. The number of carboxylic acids is 1. The summed E-state index contributed by atoms with van der Waals surface area (Å²) in [7, 11) is 0. The maximum absolute atomic E-state index is 13.8. The smallest absolute Gasteiger partial charge is 0.339 e. The summed E-state index contributed by atoms with van der Waals surface area (Å²) in [5.74, 6) is -2.18. The summed E-state index contributed by atoms with van der Waals surface area (Å²) in [6, 6.07) is 9.72. The standard InChI is InChI=1S/C19H17FO5/c20-16-4-2-1-3-14(16)18(21)12-5-6-15(19(22)23)17(11-12)25-13-7-9-24-10-8-13/h1-6,11,13H,7-10H2,(H,22,23). The molecule has 2 aromatic carbocycles. The molecule has 1 saturated heterocycles. The Labute approximate surface area is 144 Å². The van der Waals surface area contributed by atoms with Gasteiger partial charge in [0.2, 0.25) is 0 Å². The van der Waals surface area contributed by atoms with Gasteiger partial charge in [0.05, 0.1) is 18.8 Å². The molecule has 0 radical (unpaired) electrons. The van der Waals surface area contributed by atoms with Gasteiger partial charge >= 0.3 is 5.97 Å². The molecule has 1 aliphatic heterocycles. The number of carbonyl (C=O) groups is 2. The zero-order valence-electron chi connectivity index (χ0n) is 13.4. The molecule has 130 valence electrons. The van der Waals surface area contributed by atoms with Crippen LogP contribution >= 0.6 is 0 Å². The maximum atomic E-state index is 13.8. The van der Waals surface area contributed by atoms with Crippen molar-refractivity contribution in [3.8, 4) is 5.75 Å². The normalized spacial score (nSPS) is 14.9. The lowest BCUT2D eigenvalue weighted by Gasteiger charge is -2.24. The second kappa shape index (κ2) is 7.44. The molecule has 1 heterocycles. The van der Waals surface area contributed by atoms with Gasteiger partial charge in [-0.05, 0) is 30.3 Å². The molecule has 0 aliphatic carbocycles. The lowest BCUT2D eigenvalue weighted by molar-refractivity contribution is 0.0248. The van der Waals surface area contributed by atoms with Crippen molar-refractivity contribution < 1.29 is 28.6 Å². The van der Waals surface area contributed by atoms with Gasteiger partial charge in [0, 0.05) is 18.4 Å². The highest BCUT2D eigenvalue weighted by Crippen LogP contribution is 2.26. The topological polar surface area (TPSA) is 72.8 Å². The monoisotopic (exact) mass is 344 g/mol. The fourth-order valence-electron chi connectivity index (χ4n) is 2.71. The molecular formula is C19H17FO5. The van der Waals surface area contributed by atoms with E-state index < -0.39 is 17.6 Å². The molecule has 2 aromatic rings. The minimum atomic E-state index is -1.15. The van der Waals surface area contributed by atoms with E-state index in [9.17, 15) is 19.1 Å². The second-order valence-corrected chi connectivity index (χ2v) is 5.75. The van der Waals surface area contributed by atoms with Crippen LogP contribution in [0.2, 0.25) is 0 Å². The summed E-state index contributed by atoms with van der Waals surface area (Å²) < 4.78 is 24.9. The van der Waals surface area contributed by atoms with Crippen molar-refractivity contribution in [1.29, 1.82) is 0 Å². The van der Waals surface area contributed by atoms with Gasteiger partial charge in [-0.3, -0.25) is 4.79 Å². The molecule has 6 heteroatoms. The Bertz CT molecular complexity index is 796. The summed E-state index contributed by atoms with van der Waals surface area (Å²) in [5, 5.41) is 9.34. The van der Waals surface area contributed by atoms with Crippen LogP contribution in [-0.4, -0.2) is 36.2 Å². The van der Waals surface area contributed by atoms with E-state index in [4.69, 9.17) is 9.47 Å². The number of carbonyl (C=O) groups excluding carboxylic acids is 1. The first-order chi connectivity index (χ1) is 12.1. The summed E-state index contributed by atoms with van der Waals surface area (Å²) in [5.41, 5.74) is 0.0799. The fraction of sp³-hybridized carbons (Fsp3) is 0.263. The van der Waals surface area contributed by atoms with Gasteiger partial charge in [0.1, 0.15) is 23.2 Å². The van der Waals surface area contributed by atoms with Crippen LogP contribution in [0.5, 0.6) is 5.75 Å². The third-order valence-corrected chi connectivity index (χ3v) is 4.05. The average molecular weight is 344 g/mol. The van der Waals surface area contributed by atoms with Gasteiger partial charge in [-0.15, -0.1) is 0 Å². The van der Waals surface area contributed by atoms with Gasteiger partial charge in [0.25, 0.3) is 0 Å². The zero-order valence-corrected chi connectivity index (χ0v) is 13.4. The Kier molecular flexibility index (Phi) is 5.09. The molecular weight excluding hydrogens is 327 g/mol. The van der Waals surface area contributed by atoms with Crippen LogP contribution in [0.1, 0.15) is 39.1 Å². The van der Waals surface area contributed by atoms with Crippen molar-refractivity contribution >= 4 is 11.8 Å². The Balaban J connectivity index is 1.93. The number of hydrogen-bond donors (Lipinski definition) is 1. The molecule has 0 saturated carbocycles. The van der Waals surface area contributed by atoms with E-state index in [1.165, 1.54) is 36.4 Å². The van der Waals surface area contributed by atoms with Crippen LogP contribution < -0.4 is 4.74 Å². The molecule has 0 bridgehead atoms. The zero-order chi connectivity index (χ0) is 17.8. The largest absolute Gasteiger partial charge is 0.489 e. The van der Waals surface area contributed by atoms with Crippen LogP contribution in [0.3, 0.4) is 0 Å². The molecule has 25 heavy (non-hydrogen) atoms. The van der Waals surface area contributed by atoms with E-state index in [0.717, 1.165) is 0 Å². The van der Waals surface area contributed by atoms with Crippen LogP contribution in [0.25, 0.3) is 0 Å². The number of halogens is 1. The Morgan fingerprint density at radius 3 is 2.48 bits per heavy atom. The molecule has 0 spiro atoms. The van der Waals surface area contributed by atoms with Crippen molar-refractivity contribution in [1.82, 2.24) is 0 Å². The summed E-state index contributed by atoms with van der Waals surface area (Å²) in [6.45, 7) is 1.09. The summed E-state index contributed by atoms with van der Waals surface area (Å²) in [4.78, 5) is 23.9. The maximum Gasteiger partial charge on any atom is 0.339 e. The molecule has 3 rings (SSSR count). The van der Waals surface area contributed by atoms with Gasteiger partial charge < -0.3 is 14.6 Å². The fourth-order valence-corrected chi connectivity index (χ4v) is 2.71. The van der Waals surface area contributed by atoms with Crippen LogP contribution in [-0.2, 0) is 4.74 Å². The molecule has 1 fully saturated rings. The van der Waals surface area contributed by atoms with E-state index >= 15 is 0 Å². The highest BCUT2D eigenvalue weighted by Gasteiger charge is 2.22. The van der Waals surface area contributed by atoms with Crippen molar-refractivity contribution in [2.75, 3.05) is 13.2 Å². The van der Waals surface area contributed by atoms with Crippen molar-refractivity contribution in [2.45, 2.75) is 18.9 Å². The minimum absolute atomic E-state index is 0.0309. The number of ketones is 1. The highest BCUT2D eigenvalue weighted by molar-refractivity contribution is 6.10. The first-order valence-corrected chi connectivity index (χ1v) is 7.97. The molecule has 5 nitrogen and oxygen atoms in total. The average Bonchev–Trinajstić information content (AvgIpc) is 2.62. The van der Waals surface area contributed by atoms with Crippen LogP contribution in [0.4, 0.5) is 4.39 Å². The Morgan fingerprint density at radius 2 is 1.80 bits per heavy atom. The number of ether oxygens (including phenoxy) is 2. The van der Waals surface area contributed by atoms with Crippen molar-refractivity contribution in [3.05, 3.63) is 65.0 Å². The second-order valence-electron chi connectivity index (χ2n) is 5.75. The number of benzene rings is 2. The lowest BCUT2D eigenvalue weighted by Crippen LogP contribution is -2.26. The van der Waals surface area contributed by atoms with Gasteiger partial charge in [0.15, 0.2) is 5.78 Å². The van der Waals surface area contributed by atoms with E-state index in [1.54, 1.807) is 6.07 Å². The number of aromatic carboxylic acids is 1. The molecule has 0 atom stereocenters. The number of rotatable bonds is 5. The SMILES string of the molecule is O=C(c1ccc(C(=O)O)c(OC2CCOCC2)c1)c1ccccc1F. The van der Waals surface area contributed by atoms with Gasteiger partial charge in [-0.25, -0.2) is 9.18 Å². The summed E-state index contributed by atoms with van der Waals surface area (Å²) in [6.07, 6.45) is 1.11. The highest BCUT2D eigenvalue weighted by atomic mass is 19.1. The van der Waals surface area contributed by atoms with E-state index in [0.29, 0.717) is 26.1 Å². The Morgan fingerprint density at radius 1 is 1.08 bits per heavy atom. The molecule has 0 unspecified atom stereocenters. The molecule has 0 aromatic heterocycles. The molecule has 1 aliphatic rings. The van der Waals surface area contributed by atoms with Crippen molar-refractivity contribution in [3.63, 3.8) is 0 Å². The third kappa shape index (κ3) is 3.85. The van der Waals surface area contributed by atoms with Crippen LogP contribution in [0.15, 0.2) is 42.5 Å². The first kappa shape index (κ1) is 17.1. The van der Waals surface area contributed by atoms with E-state index in [2.05, 4.69) is 0 Å². The minimum Gasteiger partial charge on any atom is -0.489 e. The van der Waals surface area contributed by atoms with Crippen molar-refractivity contribution in [2.24, 2.45) is 0 Å². The number of hydrogen-bond acceptors (Lipinski definition) is 4. The molecule has 0 amide bonds. The molecule has 1 N–H and O–H groups in total. The Hall–Kier alpha value is -2.73. The lowest BCUT2D eigenvalue weighted by atomic mass is 10.0. The predicted molar refractivity (Wildman–Crippen MR) is 87.7 cm³/mol. The summed E-state index contributed by atoms with van der Waals surface area (Å²) >= 11 is 0. The van der Waals surface area contributed by atoms with Gasteiger partial charge in [-0.2, -0.15) is 0 Å². The van der Waals surface area contributed by atoms with E-state index in [-0.39, 0.29) is 28.5 Å². The third-order valence-electron chi connectivity index (χ3n) is 4.05. The van der Waals surface area contributed by atoms with E-state index in [1.807, 2.05) is 0 Å². The first-order valence-electron chi connectivity index (χ1n) is 7.97. The predicted octanol–water partition coefficient (Wildman–Crippen LogP) is 3.31. The van der Waals surface area contributed by atoms with Crippen LogP contribution in [0, 0.1) is 5.82 Å².